The summed E-state index contributed by atoms with van der Waals surface area (Å²) in [5, 5.41) is 5.50. The van der Waals surface area contributed by atoms with Crippen LogP contribution in [-0.2, 0) is 4.79 Å². The van der Waals surface area contributed by atoms with Crippen LogP contribution in [-0.4, -0.2) is 31.2 Å². The number of carbonyl (C=O) groups excluding carboxylic acids is 1. The number of amides is 1. The van der Waals surface area contributed by atoms with E-state index in [1.807, 2.05) is 0 Å². The number of nitrogens with one attached hydrogen (secondary N) is 2. The highest BCUT2D eigenvalue weighted by Gasteiger charge is 2.42. The Balaban J connectivity index is 2.16. The van der Waals surface area contributed by atoms with Crippen LogP contribution in [0.4, 0.5) is 13.2 Å². The molecule has 0 aromatic rings. The first-order valence-corrected chi connectivity index (χ1v) is 7.38. The minimum atomic E-state index is -4.16. The molecule has 0 aromatic heterocycles. The number of piperidine rings is 1. The van der Waals surface area contributed by atoms with Gasteiger partial charge in [-0.2, -0.15) is 13.2 Å². The molecule has 1 amide bonds. The molecule has 0 aliphatic carbocycles. The standard InChI is InChI=1S/C14H25F3N2O/c1-10(2)5-3-4-8-18-13(20)12-7-6-11(9-19-12)14(15,16)17/h10-12,19H,3-9H2,1-2H3,(H,18,20). The fraction of sp³-hybridized carbons (Fsp3) is 0.929. The lowest BCUT2D eigenvalue weighted by molar-refractivity contribution is -0.180. The Bertz CT molecular complexity index is 297. The van der Waals surface area contributed by atoms with Crippen molar-refractivity contribution in [2.45, 2.75) is 58.2 Å². The van der Waals surface area contributed by atoms with E-state index in [1.54, 1.807) is 0 Å². The van der Waals surface area contributed by atoms with Crippen LogP contribution in [0.15, 0.2) is 0 Å². The van der Waals surface area contributed by atoms with Gasteiger partial charge in [-0.1, -0.05) is 26.7 Å². The largest absolute Gasteiger partial charge is 0.393 e. The van der Waals surface area contributed by atoms with Gasteiger partial charge < -0.3 is 10.6 Å². The first-order valence-electron chi connectivity index (χ1n) is 7.38. The number of halogens is 3. The van der Waals surface area contributed by atoms with Crippen molar-refractivity contribution in [1.82, 2.24) is 10.6 Å². The minimum absolute atomic E-state index is 0.0297. The van der Waals surface area contributed by atoms with E-state index in [2.05, 4.69) is 24.5 Å². The number of hydrogen-bond acceptors (Lipinski definition) is 2. The second kappa shape index (κ2) is 7.86. The highest BCUT2D eigenvalue weighted by Crippen LogP contribution is 2.31. The third-order valence-corrected chi connectivity index (χ3v) is 3.70. The summed E-state index contributed by atoms with van der Waals surface area (Å²) in [4.78, 5) is 11.8. The molecule has 0 spiro atoms. The van der Waals surface area contributed by atoms with Crippen LogP contribution >= 0.6 is 0 Å². The number of rotatable bonds is 6. The summed E-state index contributed by atoms with van der Waals surface area (Å²) in [7, 11) is 0. The van der Waals surface area contributed by atoms with E-state index in [1.165, 1.54) is 0 Å². The molecule has 0 radical (unpaired) electrons. The smallest absolute Gasteiger partial charge is 0.355 e. The fourth-order valence-electron chi connectivity index (χ4n) is 2.37. The van der Waals surface area contributed by atoms with E-state index in [-0.39, 0.29) is 25.3 Å². The first kappa shape index (κ1) is 17.3. The molecule has 2 N–H and O–H groups in total. The molecule has 1 aliphatic rings. The predicted molar refractivity (Wildman–Crippen MR) is 72.3 cm³/mol. The molecule has 118 valence electrons. The summed E-state index contributed by atoms with van der Waals surface area (Å²) in [5.74, 6) is -0.835. The highest BCUT2D eigenvalue weighted by molar-refractivity contribution is 5.81. The second-order valence-electron chi connectivity index (χ2n) is 5.96. The van der Waals surface area contributed by atoms with Gasteiger partial charge in [0.2, 0.25) is 5.91 Å². The van der Waals surface area contributed by atoms with Gasteiger partial charge in [0.15, 0.2) is 0 Å². The van der Waals surface area contributed by atoms with Gasteiger partial charge in [0.1, 0.15) is 0 Å². The molecular formula is C14H25F3N2O. The van der Waals surface area contributed by atoms with Crippen LogP contribution in [0.25, 0.3) is 0 Å². The van der Waals surface area contributed by atoms with Crippen LogP contribution in [0.5, 0.6) is 0 Å². The van der Waals surface area contributed by atoms with Gasteiger partial charge in [-0.15, -0.1) is 0 Å². The topological polar surface area (TPSA) is 41.1 Å². The van der Waals surface area contributed by atoms with Crippen molar-refractivity contribution < 1.29 is 18.0 Å². The molecule has 0 saturated carbocycles. The van der Waals surface area contributed by atoms with E-state index in [0.29, 0.717) is 12.5 Å². The molecule has 1 saturated heterocycles. The Kier molecular flexibility index (Phi) is 6.79. The first-order chi connectivity index (χ1) is 9.30. The maximum Gasteiger partial charge on any atom is 0.393 e. The Morgan fingerprint density at radius 3 is 2.50 bits per heavy atom. The average molecular weight is 294 g/mol. The van der Waals surface area contributed by atoms with Gasteiger partial charge in [0.05, 0.1) is 12.0 Å². The fourth-order valence-corrected chi connectivity index (χ4v) is 2.37. The second-order valence-corrected chi connectivity index (χ2v) is 5.96. The third-order valence-electron chi connectivity index (χ3n) is 3.70. The molecule has 1 aliphatic heterocycles. The van der Waals surface area contributed by atoms with Gasteiger partial charge in [-0.25, -0.2) is 0 Å². The molecule has 1 heterocycles. The molecule has 20 heavy (non-hydrogen) atoms. The molecule has 6 heteroatoms. The summed E-state index contributed by atoms with van der Waals surface area (Å²) in [6.07, 6.45) is -0.770. The van der Waals surface area contributed by atoms with Gasteiger partial charge >= 0.3 is 6.18 Å². The van der Waals surface area contributed by atoms with Crippen molar-refractivity contribution >= 4 is 5.91 Å². The quantitative estimate of drug-likeness (QED) is 0.740. The summed E-state index contributed by atoms with van der Waals surface area (Å²) >= 11 is 0. The Labute approximate surface area is 118 Å². The molecule has 3 nitrogen and oxygen atoms in total. The summed E-state index contributed by atoms with van der Waals surface area (Å²) in [6, 6.07) is -0.473. The van der Waals surface area contributed by atoms with Crippen LogP contribution in [0.3, 0.4) is 0 Å². The van der Waals surface area contributed by atoms with E-state index >= 15 is 0 Å². The molecule has 0 aromatic carbocycles. The van der Waals surface area contributed by atoms with Crippen LogP contribution < -0.4 is 10.6 Å². The van der Waals surface area contributed by atoms with Crippen LogP contribution in [0, 0.1) is 11.8 Å². The van der Waals surface area contributed by atoms with Crippen molar-refractivity contribution in [3.05, 3.63) is 0 Å². The van der Waals surface area contributed by atoms with Crippen molar-refractivity contribution in [1.29, 1.82) is 0 Å². The van der Waals surface area contributed by atoms with Gasteiger partial charge in [0.25, 0.3) is 0 Å². The number of unbranched alkanes of at least 4 members (excludes halogenated alkanes) is 1. The summed E-state index contributed by atoms with van der Waals surface area (Å²) in [6.45, 7) is 4.75. The third kappa shape index (κ3) is 6.11. The molecule has 1 rings (SSSR count). The monoisotopic (exact) mass is 294 g/mol. The van der Waals surface area contributed by atoms with Gasteiger partial charge in [-0.05, 0) is 25.2 Å². The number of alkyl halides is 3. The van der Waals surface area contributed by atoms with E-state index in [0.717, 1.165) is 19.3 Å². The van der Waals surface area contributed by atoms with Gasteiger partial charge in [0, 0.05) is 13.1 Å². The normalized spacial score (nSPS) is 23.9. The lowest BCUT2D eigenvalue weighted by Crippen LogP contribution is -2.51. The van der Waals surface area contributed by atoms with E-state index < -0.39 is 18.1 Å². The maximum atomic E-state index is 12.5. The van der Waals surface area contributed by atoms with Crippen molar-refractivity contribution in [2.24, 2.45) is 11.8 Å². The van der Waals surface area contributed by atoms with Crippen LogP contribution in [0.1, 0.15) is 46.0 Å². The summed E-state index contributed by atoms with van der Waals surface area (Å²) < 4.78 is 37.4. The van der Waals surface area contributed by atoms with Crippen molar-refractivity contribution in [3.8, 4) is 0 Å². The highest BCUT2D eigenvalue weighted by atomic mass is 19.4. The lowest BCUT2D eigenvalue weighted by atomic mass is 9.94. The molecular weight excluding hydrogens is 269 g/mol. The summed E-state index contributed by atoms with van der Waals surface area (Å²) in [5.41, 5.74) is 0. The maximum absolute atomic E-state index is 12.5. The number of hydrogen-bond donors (Lipinski definition) is 2. The Morgan fingerprint density at radius 2 is 2.00 bits per heavy atom. The van der Waals surface area contributed by atoms with Crippen molar-refractivity contribution in [2.75, 3.05) is 13.1 Å². The Morgan fingerprint density at radius 1 is 1.30 bits per heavy atom. The zero-order chi connectivity index (χ0) is 15.2. The van der Waals surface area contributed by atoms with E-state index in [4.69, 9.17) is 0 Å². The SMILES string of the molecule is CC(C)CCCCNC(=O)C1CCC(C(F)(F)F)CN1. The van der Waals surface area contributed by atoms with Crippen LogP contribution in [0.2, 0.25) is 0 Å². The van der Waals surface area contributed by atoms with E-state index in [9.17, 15) is 18.0 Å². The molecule has 1 fully saturated rings. The minimum Gasteiger partial charge on any atom is -0.355 e. The van der Waals surface area contributed by atoms with Gasteiger partial charge in [-0.3, -0.25) is 4.79 Å². The predicted octanol–water partition coefficient (Wildman–Crippen LogP) is 2.86. The number of carbonyl (C=O) groups is 1. The zero-order valence-electron chi connectivity index (χ0n) is 12.2. The average Bonchev–Trinajstić information content (AvgIpc) is 2.37. The molecule has 0 bridgehead atoms. The molecule has 2 atom stereocenters. The van der Waals surface area contributed by atoms with Crippen molar-refractivity contribution in [3.63, 3.8) is 0 Å². The molecule has 2 unspecified atom stereocenters. The lowest BCUT2D eigenvalue weighted by Gasteiger charge is -2.30. The zero-order valence-corrected chi connectivity index (χ0v) is 12.2. The Hall–Kier alpha value is -0.780.